The fraction of sp³-hybridized carbons (Fsp3) is 0.933. The number of carbonyl (C=O) groups excluding carboxylic acids is 1. The van der Waals surface area contributed by atoms with Gasteiger partial charge in [0.05, 0.1) is 11.6 Å². The van der Waals surface area contributed by atoms with Crippen LogP contribution >= 0.6 is 0 Å². The molecule has 0 aromatic carbocycles. The van der Waals surface area contributed by atoms with Gasteiger partial charge in [-0.2, -0.15) is 0 Å². The second kappa shape index (κ2) is 6.23. The first-order valence-corrected chi connectivity index (χ1v) is 7.67. The topological polar surface area (TPSA) is 55.6 Å². The minimum Gasteiger partial charge on any atom is -0.376 e. The lowest BCUT2D eigenvalue weighted by atomic mass is 9.76. The van der Waals surface area contributed by atoms with E-state index >= 15 is 0 Å². The van der Waals surface area contributed by atoms with Crippen LogP contribution in [-0.4, -0.2) is 42.6 Å². The third-order valence-electron chi connectivity index (χ3n) is 4.56. The summed E-state index contributed by atoms with van der Waals surface area (Å²) in [4.78, 5) is 14.4. The summed E-state index contributed by atoms with van der Waals surface area (Å²) in [5, 5.41) is 0. The zero-order chi connectivity index (χ0) is 13.9. The second-order valence-corrected chi connectivity index (χ2v) is 6.53. The van der Waals surface area contributed by atoms with Crippen molar-refractivity contribution < 1.29 is 9.53 Å². The minimum atomic E-state index is -0.638. The van der Waals surface area contributed by atoms with Crippen molar-refractivity contribution in [2.75, 3.05) is 20.2 Å². The second-order valence-electron chi connectivity index (χ2n) is 6.53. The molecule has 1 heterocycles. The largest absolute Gasteiger partial charge is 0.376 e. The number of likely N-dealkylation sites (N-methyl/N-ethyl adjacent to an activating group) is 1. The van der Waals surface area contributed by atoms with Gasteiger partial charge in [0.2, 0.25) is 5.91 Å². The van der Waals surface area contributed by atoms with Crippen LogP contribution in [0.3, 0.4) is 0 Å². The van der Waals surface area contributed by atoms with Crippen LogP contribution in [0.15, 0.2) is 0 Å². The molecule has 0 bridgehead atoms. The Bertz CT molecular complexity index is 315. The zero-order valence-electron chi connectivity index (χ0n) is 12.4. The maximum Gasteiger partial charge on any atom is 0.242 e. The Labute approximate surface area is 116 Å². The summed E-state index contributed by atoms with van der Waals surface area (Å²) in [6.07, 6.45) is 7.52. The molecule has 2 N–H and O–H groups in total. The highest BCUT2D eigenvalue weighted by Crippen LogP contribution is 2.31. The Kier molecular flexibility index (Phi) is 4.85. The van der Waals surface area contributed by atoms with Crippen molar-refractivity contribution in [3.05, 3.63) is 0 Å². The van der Waals surface area contributed by atoms with Crippen molar-refractivity contribution >= 4 is 5.91 Å². The molecule has 2 aliphatic rings. The number of nitrogens with two attached hydrogens (primary N) is 1. The maximum atomic E-state index is 12.6. The van der Waals surface area contributed by atoms with E-state index in [4.69, 9.17) is 10.5 Å². The molecule has 1 saturated heterocycles. The summed E-state index contributed by atoms with van der Waals surface area (Å²) in [6, 6.07) is 0. The summed E-state index contributed by atoms with van der Waals surface area (Å²) in [5.41, 5.74) is 5.73. The molecule has 0 spiro atoms. The van der Waals surface area contributed by atoms with Gasteiger partial charge in [-0.25, -0.2) is 0 Å². The number of nitrogens with zero attached hydrogens (tertiary/aromatic N) is 1. The van der Waals surface area contributed by atoms with Gasteiger partial charge < -0.3 is 15.4 Å². The molecule has 1 aliphatic heterocycles. The Morgan fingerprint density at radius 1 is 1.37 bits per heavy atom. The van der Waals surface area contributed by atoms with Crippen LogP contribution in [0, 0.1) is 5.92 Å². The molecule has 4 heteroatoms. The van der Waals surface area contributed by atoms with E-state index in [2.05, 4.69) is 6.92 Å². The van der Waals surface area contributed by atoms with E-state index in [1.165, 1.54) is 12.8 Å². The quantitative estimate of drug-likeness (QED) is 0.851. The van der Waals surface area contributed by atoms with Crippen LogP contribution in [0.2, 0.25) is 0 Å². The first kappa shape index (κ1) is 14.8. The summed E-state index contributed by atoms with van der Waals surface area (Å²) in [7, 11) is 1.87. The highest BCUT2D eigenvalue weighted by molar-refractivity contribution is 5.86. The average molecular weight is 268 g/mol. The molecule has 3 unspecified atom stereocenters. The van der Waals surface area contributed by atoms with Gasteiger partial charge in [0.15, 0.2) is 0 Å². The summed E-state index contributed by atoms with van der Waals surface area (Å²) < 4.78 is 5.71. The van der Waals surface area contributed by atoms with E-state index in [1.54, 1.807) is 4.90 Å². The molecule has 2 fully saturated rings. The van der Waals surface area contributed by atoms with E-state index in [0.717, 1.165) is 38.7 Å². The molecule has 0 aromatic heterocycles. The molecule has 1 amide bonds. The standard InChI is InChI=1S/C15H28N2O2/c1-12-6-5-8-15(16,10-12)14(18)17(2)11-13-7-3-4-9-19-13/h12-13H,3-11,16H2,1-2H3. The SMILES string of the molecule is CC1CCCC(N)(C(=O)N(C)CC2CCCCO2)C1. The van der Waals surface area contributed by atoms with Crippen LogP contribution < -0.4 is 5.73 Å². The van der Waals surface area contributed by atoms with Crippen LogP contribution in [0.4, 0.5) is 0 Å². The van der Waals surface area contributed by atoms with Gasteiger partial charge in [-0.1, -0.05) is 19.8 Å². The van der Waals surface area contributed by atoms with Crippen molar-refractivity contribution in [1.29, 1.82) is 0 Å². The van der Waals surface area contributed by atoms with Crippen LogP contribution in [-0.2, 0) is 9.53 Å². The fourth-order valence-corrected chi connectivity index (χ4v) is 3.51. The highest BCUT2D eigenvalue weighted by Gasteiger charge is 2.40. The predicted molar refractivity (Wildman–Crippen MR) is 75.8 cm³/mol. The fourth-order valence-electron chi connectivity index (χ4n) is 3.51. The molecule has 1 saturated carbocycles. The molecular formula is C15H28N2O2. The molecule has 1 aliphatic carbocycles. The third-order valence-corrected chi connectivity index (χ3v) is 4.56. The molecule has 0 aromatic rings. The monoisotopic (exact) mass is 268 g/mol. The number of hydrogen-bond donors (Lipinski definition) is 1. The van der Waals surface area contributed by atoms with Gasteiger partial charge in [-0.05, 0) is 38.0 Å². The van der Waals surface area contributed by atoms with Crippen LogP contribution in [0.25, 0.3) is 0 Å². The number of hydrogen-bond acceptors (Lipinski definition) is 3. The Hall–Kier alpha value is -0.610. The highest BCUT2D eigenvalue weighted by atomic mass is 16.5. The number of ether oxygens (including phenoxy) is 1. The van der Waals surface area contributed by atoms with E-state index in [0.29, 0.717) is 12.5 Å². The first-order valence-electron chi connectivity index (χ1n) is 7.67. The normalized spacial score (nSPS) is 35.9. The average Bonchev–Trinajstić information content (AvgIpc) is 2.38. The van der Waals surface area contributed by atoms with Gasteiger partial charge in [-0.15, -0.1) is 0 Å². The van der Waals surface area contributed by atoms with Gasteiger partial charge in [-0.3, -0.25) is 4.79 Å². The van der Waals surface area contributed by atoms with Gasteiger partial charge in [0.25, 0.3) is 0 Å². The van der Waals surface area contributed by atoms with Crippen molar-refractivity contribution in [1.82, 2.24) is 4.90 Å². The number of amides is 1. The molecular weight excluding hydrogens is 240 g/mol. The van der Waals surface area contributed by atoms with Crippen molar-refractivity contribution in [3.8, 4) is 0 Å². The summed E-state index contributed by atoms with van der Waals surface area (Å²) in [5.74, 6) is 0.662. The predicted octanol–water partition coefficient (Wildman–Crippen LogP) is 1.92. The van der Waals surface area contributed by atoms with Crippen LogP contribution in [0.1, 0.15) is 51.9 Å². The lowest BCUT2D eigenvalue weighted by molar-refractivity contribution is -0.139. The molecule has 3 atom stereocenters. The van der Waals surface area contributed by atoms with Gasteiger partial charge in [0, 0.05) is 20.2 Å². The van der Waals surface area contributed by atoms with Gasteiger partial charge in [0.1, 0.15) is 0 Å². The summed E-state index contributed by atoms with van der Waals surface area (Å²) in [6.45, 7) is 3.71. The number of rotatable bonds is 3. The summed E-state index contributed by atoms with van der Waals surface area (Å²) >= 11 is 0. The molecule has 0 radical (unpaired) electrons. The van der Waals surface area contributed by atoms with Crippen molar-refractivity contribution in [2.24, 2.45) is 11.7 Å². The lowest BCUT2D eigenvalue weighted by Gasteiger charge is -2.39. The maximum absolute atomic E-state index is 12.6. The Balaban J connectivity index is 1.90. The molecule has 2 rings (SSSR count). The van der Waals surface area contributed by atoms with Gasteiger partial charge >= 0.3 is 0 Å². The van der Waals surface area contributed by atoms with Crippen LogP contribution in [0.5, 0.6) is 0 Å². The van der Waals surface area contributed by atoms with Crippen molar-refractivity contribution in [3.63, 3.8) is 0 Å². The van der Waals surface area contributed by atoms with E-state index < -0.39 is 5.54 Å². The lowest BCUT2D eigenvalue weighted by Crippen LogP contribution is -2.57. The van der Waals surface area contributed by atoms with Crippen molar-refractivity contribution in [2.45, 2.75) is 63.5 Å². The first-order chi connectivity index (χ1) is 9.01. The Morgan fingerprint density at radius 3 is 2.79 bits per heavy atom. The molecule has 4 nitrogen and oxygen atoms in total. The number of carbonyl (C=O) groups is 1. The van der Waals surface area contributed by atoms with E-state index in [9.17, 15) is 4.79 Å². The Morgan fingerprint density at radius 2 is 2.16 bits per heavy atom. The zero-order valence-corrected chi connectivity index (χ0v) is 12.4. The van der Waals surface area contributed by atoms with E-state index in [-0.39, 0.29) is 12.0 Å². The molecule has 110 valence electrons. The minimum absolute atomic E-state index is 0.105. The third kappa shape index (κ3) is 3.69. The molecule has 19 heavy (non-hydrogen) atoms. The smallest absolute Gasteiger partial charge is 0.242 e. The van der Waals surface area contributed by atoms with E-state index in [1.807, 2.05) is 7.05 Å².